The lowest BCUT2D eigenvalue weighted by atomic mass is 10.0. The Kier molecular flexibility index (Phi) is 4.93. The molecule has 98 valence electrons. The molecule has 1 heteroatoms. The van der Waals surface area contributed by atoms with Crippen LogP contribution in [0.5, 0.6) is 0 Å². The number of fused-ring (bicyclic) bond motifs is 2. The number of nitrogens with two attached hydrogens (primary N) is 1. The third kappa shape index (κ3) is 3.55. The highest BCUT2D eigenvalue weighted by atomic mass is 14.5. The fourth-order valence-electron chi connectivity index (χ4n) is 2.09. The second-order valence-corrected chi connectivity index (χ2v) is 4.69. The van der Waals surface area contributed by atoms with Gasteiger partial charge >= 0.3 is 0 Å². The van der Waals surface area contributed by atoms with Crippen LogP contribution in [-0.4, -0.2) is 6.54 Å². The molecule has 0 saturated carbocycles. The lowest BCUT2D eigenvalue weighted by Gasteiger charge is -2.00. The van der Waals surface area contributed by atoms with Gasteiger partial charge in [-0.25, -0.2) is 0 Å². The van der Waals surface area contributed by atoms with Crippen molar-refractivity contribution in [2.75, 3.05) is 6.54 Å². The van der Waals surface area contributed by atoms with Crippen molar-refractivity contribution in [2.45, 2.75) is 19.8 Å². The van der Waals surface area contributed by atoms with Crippen LogP contribution in [0.1, 0.15) is 19.8 Å². The molecule has 0 heterocycles. The van der Waals surface area contributed by atoms with Crippen LogP contribution in [0.2, 0.25) is 0 Å². The molecule has 19 heavy (non-hydrogen) atoms. The van der Waals surface area contributed by atoms with Crippen LogP contribution < -0.4 is 5.73 Å². The van der Waals surface area contributed by atoms with E-state index in [1.165, 1.54) is 34.4 Å². The summed E-state index contributed by atoms with van der Waals surface area (Å²) in [5, 5.41) is 5.25. The van der Waals surface area contributed by atoms with E-state index in [-0.39, 0.29) is 0 Å². The molecule has 3 aromatic rings. The molecule has 1 nitrogen and oxygen atoms in total. The SMILES string of the molecule is CCCCN.c1ccc2cc3ccccc3cc2c1. The zero-order valence-electron chi connectivity index (χ0n) is 11.5. The van der Waals surface area contributed by atoms with Gasteiger partial charge in [-0.05, 0) is 46.6 Å². The Bertz CT molecular complexity index is 536. The Balaban J connectivity index is 0.000000232. The van der Waals surface area contributed by atoms with Gasteiger partial charge in [0.2, 0.25) is 0 Å². The van der Waals surface area contributed by atoms with Gasteiger partial charge in [-0.15, -0.1) is 0 Å². The van der Waals surface area contributed by atoms with Crippen molar-refractivity contribution in [3.63, 3.8) is 0 Å². The van der Waals surface area contributed by atoms with Gasteiger partial charge in [0.25, 0.3) is 0 Å². The molecule has 0 saturated heterocycles. The fourth-order valence-corrected chi connectivity index (χ4v) is 2.09. The molecule has 0 atom stereocenters. The van der Waals surface area contributed by atoms with Gasteiger partial charge in [0.1, 0.15) is 0 Å². The molecular weight excluding hydrogens is 230 g/mol. The highest BCUT2D eigenvalue weighted by molar-refractivity contribution is 5.98. The van der Waals surface area contributed by atoms with Crippen LogP contribution in [-0.2, 0) is 0 Å². The van der Waals surface area contributed by atoms with Gasteiger partial charge < -0.3 is 5.73 Å². The van der Waals surface area contributed by atoms with Crippen molar-refractivity contribution < 1.29 is 0 Å². The quantitative estimate of drug-likeness (QED) is 0.654. The summed E-state index contributed by atoms with van der Waals surface area (Å²) in [7, 11) is 0. The van der Waals surface area contributed by atoms with Crippen LogP contribution in [0.15, 0.2) is 60.7 Å². The minimum atomic E-state index is 0.844. The third-order valence-corrected chi connectivity index (χ3v) is 3.17. The van der Waals surface area contributed by atoms with E-state index < -0.39 is 0 Å². The molecule has 0 aliphatic carbocycles. The molecule has 0 bridgehead atoms. The minimum absolute atomic E-state index is 0.844. The van der Waals surface area contributed by atoms with Crippen LogP contribution >= 0.6 is 0 Å². The Labute approximate surface area is 115 Å². The predicted molar refractivity (Wildman–Crippen MR) is 85.4 cm³/mol. The molecule has 0 fully saturated rings. The van der Waals surface area contributed by atoms with E-state index in [1.807, 2.05) is 0 Å². The van der Waals surface area contributed by atoms with Crippen LogP contribution in [0, 0.1) is 0 Å². The van der Waals surface area contributed by atoms with Gasteiger partial charge in [0.15, 0.2) is 0 Å². The highest BCUT2D eigenvalue weighted by Gasteiger charge is 1.95. The Morgan fingerprint density at radius 1 is 0.737 bits per heavy atom. The van der Waals surface area contributed by atoms with E-state index in [4.69, 9.17) is 5.73 Å². The predicted octanol–water partition coefficient (Wildman–Crippen LogP) is 4.74. The smallest absolute Gasteiger partial charge is 0.00774 e. The summed E-state index contributed by atoms with van der Waals surface area (Å²) in [4.78, 5) is 0. The maximum Gasteiger partial charge on any atom is -0.00774 e. The van der Waals surface area contributed by atoms with E-state index in [1.54, 1.807) is 0 Å². The highest BCUT2D eigenvalue weighted by Crippen LogP contribution is 2.21. The fraction of sp³-hybridized carbons (Fsp3) is 0.222. The normalized spacial score (nSPS) is 10.2. The Hall–Kier alpha value is -1.86. The summed E-state index contributed by atoms with van der Waals surface area (Å²) in [5.74, 6) is 0. The van der Waals surface area contributed by atoms with Gasteiger partial charge in [-0.3, -0.25) is 0 Å². The average molecular weight is 251 g/mol. The first-order chi connectivity index (χ1) is 9.35. The summed E-state index contributed by atoms with van der Waals surface area (Å²) in [6.07, 6.45) is 2.39. The van der Waals surface area contributed by atoms with Gasteiger partial charge in [-0.1, -0.05) is 61.9 Å². The lowest BCUT2D eigenvalue weighted by Crippen LogP contribution is -1.95. The topological polar surface area (TPSA) is 26.0 Å². The first-order valence-electron chi connectivity index (χ1n) is 6.92. The van der Waals surface area contributed by atoms with Gasteiger partial charge in [0.05, 0.1) is 0 Å². The molecule has 0 aromatic heterocycles. The first-order valence-corrected chi connectivity index (χ1v) is 6.92. The summed E-state index contributed by atoms with van der Waals surface area (Å²) in [5.41, 5.74) is 5.14. The van der Waals surface area contributed by atoms with Crippen LogP contribution in [0.3, 0.4) is 0 Å². The maximum absolute atomic E-state index is 5.14. The number of benzene rings is 3. The summed E-state index contributed by atoms with van der Waals surface area (Å²) in [6, 6.07) is 21.4. The third-order valence-electron chi connectivity index (χ3n) is 3.17. The van der Waals surface area contributed by atoms with Crippen molar-refractivity contribution in [1.82, 2.24) is 0 Å². The largest absolute Gasteiger partial charge is 0.330 e. The van der Waals surface area contributed by atoms with Crippen LogP contribution in [0.4, 0.5) is 0 Å². The van der Waals surface area contributed by atoms with Crippen molar-refractivity contribution >= 4 is 21.5 Å². The molecule has 3 aromatic carbocycles. The minimum Gasteiger partial charge on any atom is -0.330 e. The molecule has 0 amide bonds. The molecule has 0 unspecified atom stereocenters. The molecule has 3 rings (SSSR count). The van der Waals surface area contributed by atoms with Crippen molar-refractivity contribution in [3.05, 3.63) is 60.7 Å². The summed E-state index contributed by atoms with van der Waals surface area (Å²) >= 11 is 0. The number of hydrogen-bond donors (Lipinski definition) is 1. The molecule has 0 aliphatic heterocycles. The Morgan fingerprint density at radius 3 is 1.32 bits per heavy atom. The van der Waals surface area contributed by atoms with Crippen molar-refractivity contribution in [2.24, 2.45) is 5.73 Å². The number of hydrogen-bond acceptors (Lipinski definition) is 1. The molecule has 0 radical (unpaired) electrons. The van der Waals surface area contributed by atoms with Crippen molar-refractivity contribution in [1.29, 1.82) is 0 Å². The van der Waals surface area contributed by atoms with E-state index in [0.717, 1.165) is 6.54 Å². The van der Waals surface area contributed by atoms with Crippen molar-refractivity contribution in [3.8, 4) is 0 Å². The van der Waals surface area contributed by atoms with Gasteiger partial charge in [-0.2, -0.15) is 0 Å². The van der Waals surface area contributed by atoms with E-state index in [0.29, 0.717) is 0 Å². The standard InChI is InChI=1S/C14H10.C4H11N/c1-2-6-12-10-14-8-4-3-7-13(14)9-11(12)5-1;1-2-3-4-5/h1-10H;2-5H2,1H3. The molecule has 0 aliphatic rings. The van der Waals surface area contributed by atoms with E-state index in [9.17, 15) is 0 Å². The Morgan fingerprint density at radius 2 is 1.11 bits per heavy atom. The summed E-state index contributed by atoms with van der Waals surface area (Å²) < 4.78 is 0. The molecular formula is C18H21N. The molecule has 0 spiro atoms. The van der Waals surface area contributed by atoms with E-state index >= 15 is 0 Å². The zero-order chi connectivity index (χ0) is 13.5. The average Bonchev–Trinajstić information content (AvgIpc) is 2.46. The second-order valence-electron chi connectivity index (χ2n) is 4.69. The number of rotatable bonds is 2. The summed E-state index contributed by atoms with van der Waals surface area (Å²) in [6.45, 7) is 2.98. The zero-order valence-corrected chi connectivity index (χ0v) is 11.5. The second kappa shape index (κ2) is 6.91. The van der Waals surface area contributed by atoms with Crippen LogP contribution in [0.25, 0.3) is 21.5 Å². The first kappa shape index (κ1) is 13.6. The monoisotopic (exact) mass is 251 g/mol. The molecule has 2 N–H and O–H groups in total. The van der Waals surface area contributed by atoms with Gasteiger partial charge in [0, 0.05) is 0 Å². The number of unbranched alkanes of at least 4 members (excludes halogenated alkanes) is 1. The van der Waals surface area contributed by atoms with E-state index in [2.05, 4.69) is 67.6 Å². The maximum atomic E-state index is 5.14. The lowest BCUT2D eigenvalue weighted by molar-refractivity contribution is 0.807.